The Kier molecular flexibility index (Phi) is 5.08. The van der Waals surface area contributed by atoms with Gasteiger partial charge in [-0.2, -0.15) is 0 Å². The number of carbonyl (C=O) groups is 1. The van der Waals surface area contributed by atoms with Crippen LogP contribution in [0.5, 0.6) is 0 Å². The van der Waals surface area contributed by atoms with Gasteiger partial charge < -0.3 is 16.0 Å². The van der Waals surface area contributed by atoms with Crippen LogP contribution in [-0.2, 0) is 4.79 Å². The lowest BCUT2D eigenvalue weighted by molar-refractivity contribution is -0.113. The molecule has 0 saturated heterocycles. The molecule has 3 N–H and O–H groups in total. The van der Waals surface area contributed by atoms with E-state index in [1.165, 1.54) is 6.08 Å². The molecule has 5 nitrogen and oxygen atoms in total. The molecule has 0 saturated carbocycles. The average Bonchev–Trinajstić information content (AvgIpc) is 2.67. The van der Waals surface area contributed by atoms with Crippen LogP contribution in [0.1, 0.15) is 5.56 Å². The van der Waals surface area contributed by atoms with Crippen molar-refractivity contribution >= 4 is 28.6 Å². The van der Waals surface area contributed by atoms with Crippen molar-refractivity contribution in [3.05, 3.63) is 72.2 Å². The molecule has 0 unspecified atom stereocenters. The third kappa shape index (κ3) is 3.62. The number of carbonyl (C=O) groups excluding carboxylic acids is 1. The standard InChI is InChI=1S/C21H20N4O/c1-14-11-15(16-3-4-18-13-24-10-8-17(18)12-16)5-6-19(14)25-21(26)20(23-2)7-9-22/h3-13,22-23H,1-2H3,(H,25,26)/b20-7-,22-9?. The van der Waals surface area contributed by atoms with Gasteiger partial charge in [0.1, 0.15) is 5.70 Å². The summed E-state index contributed by atoms with van der Waals surface area (Å²) in [6.45, 7) is 1.96. The number of likely N-dealkylation sites (N-methyl/N-ethyl adjacent to an activating group) is 1. The summed E-state index contributed by atoms with van der Waals surface area (Å²) in [5.41, 5.74) is 4.25. The second-order valence-corrected chi connectivity index (χ2v) is 5.92. The maximum absolute atomic E-state index is 12.2. The Labute approximate surface area is 152 Å². The van der Waals surface area contributed by atoms with E-state index in [0.29, 0.717) is 5.70 Å². The maximum atomic E-state index is 12.2. The number of nitrogens with zero attached hydrogens (tertiary/aromatic N) is 1. The van der Waals surface area contributed by atoms with E-state index in [0.717, 1.165) is 39.4 Å². The summed E-state index contributed by atoms with van der Waals surface area (Å²) < 4.78 is 0. The topological polar surface area (TPSA) is 77.9 Å². The zero-order chi connectivity index (χ0) is 18.5. The molecule has 0 aliphatic heterocycles. The first-order chi connectivity index (χ1) is 12.6. The Morgan fingerprint density at radius 2 is 1.85 bits per heavy atom. The van der Waals surface area contributed by atoms with Crippen molar-refractivity contribution in [1.29, 1.82) is 5.41 Å². The molecule has 2 aromatic carbocycles. The van der Waals surface area contributed by atoms with Gasteiger partial charge in [-0.05, 0) is 59.3 Å². The van der Waals surface area contributed by atoms with E-state index in [1.807, 2.05) is 31.3 Å². The second kappa shape index (κ2) is 7.61. The first-order valence-electron chi connectivity index (χ1n) is 8.27. The number of aromatic nitrogens is 1. The van der Waals surface area contributed by atoms with Crippen molar-refractivity contribution in [2.24, 2.45) is 0 Å². The molecule has 0 aliphatic carbocycles. The quantitative estimate of drug-likeness (QED) is 0.485. The van der Waals surface area contributed by atoms with E-state index in [9.17, 15) is 4.79 Å². The van der Waals surface area contributed by atoms with Crippen LogP contribution in [0, 0.1) is 12.3 Å². The second-order valence-electron chi connectivity index (χ2n) is 5.92. The van der Waals surface area contributed by atoms with E-state index in [1.54, 1.807) is 13.2 Å². The minimum atomic E-state index is -0.273. The number of fused-ring (bicyclic) bond motifs is 1. The van der Waals surface area contributed by atoms with Crippen LogP contribution in [0.4, 0.5) is 5.69 Å². The molecule has 130 valence electrons. The highest BCUT2D eigenvalue weighted by atomic mass is 16.2. The lowest BCUT2D eigenvalue weighted by Gasteiger charge is -2.12. The Morgan fingerprint density at radius 1 is 1.08 bits per heavy atom. The van der Waals surface area contributed by atoms with Gasteiger partial charge in [-0.15, -0.1) is 0 Å². The number of aryl methyl sites for hydroxylation is 1. The molecule has 1 amide bonds. The third-order valence-corrected chi connectivity index (χ3v) is 4.21. The van der Waals surface area contributed by atoms with E-state index >= 15 is 0 Å². The highest BCUT2D eigenvalue weighted by Crippen LogP contribution is 2.27. The number of allylic oxidation sites excluding steroid dienone is 1. The molecule has 0 spiro atoms. The van der Waals surface area contributed by atoms with Crippen LogP contribution in [-0.4, -0.2) is 24.2 Å². The Bertz CT molecular complexity index is 1010. The molecular weight excluding hydrogens is 324 g/mol. The normalized spacial score (nSPS) is 11.2. The zero-order valence-electron chi connectivity index (χ0n) is 14.7. The zero-order valence-corrected chi connectivity index (χ0v) is 14.7. The molecule has 0 radical (unpaired) electrons. The van der Waals surface area contributed by atoms with Crippen molar-refractivity contribution in [3.63, 3.8) is 0 Å². The number of hydrogen-bond acceptors (Lipinski definition) is 4. The predicted octanol–water partition coefficient (Wildman–Crippen LogP) is 3.90. The summed E-state index contributed by atoms with van der Waals surface area (Å²) in [5, 5.41) is 15.0. The molecular formula is C21H20N4O. The first-order valence-corrected chi connectivity index (χ1v) is 8.27. The highest BCUT2D eigenvalue weighted by molar-refractivity contribution is 6.05. The molecule has 5 heteroatoms. The summed E-state index contributed by atoms with van der Waals surface area (Å²) in [6, 6.07) is 14.2. The van der Waals surface area contributed by atoms with Gasteiger partial charge in [0, 0.05) is 36.7 Å². The SMILES string of the molecule is CN/C(=C\C=N)C(=O)Nc1ccc(-c2ccc3cnccc3c2)cc1C. The Balaban J connectivity index is 1.88. The third-order valence-electron chi connectivity index (χ3n) is 4.21. The van der Waals surface area contributed by atoms with Crippen LogP contribution in [0.3, 0.4) is 0 Å². The smallest absolute Gasteiger partial charge is 0.271 e. The van der Waals surface area contributed by atoms with Gasteiger partial charge in [0.05, 0.1) is 0 Å². The average molecular weight is 344 g/mol. The summed E-state index contributed by atoms with van der Waals surface area (Å²) in [7, 11) is 1.65. The van der Waals surface area contributed by atoms with Gasteiger partial charge in [-0.3, -0.25) is 9.78 Å². The fourth-order valence-corrected chi connectivity index (χ4v) is 2.79. The van der Waals surface area contributed by atoms with E-state index in [2.05, 4.69) is 39.9 Å². The minimum absolute atomic E-state index is 0.273. The number of anilines is 1. The van der Waals surface area contributed by atoms with Gasteiger partial charge in [0.2, 0.25) is 0 Å². The summed E-state index contributed by atoms with van der Waals surface area (Å²) in [6.07, 6.45) is 6.14. The molecule has 3 rings (SSSR count). The molecule has 1 heterocycles. The van der Waals surface area contributed by atoms with Crippen molar-refractivity contribution in [3.8, 4) is 11.1 Å². The largest absolute Gasteiger partial charge is 0.384 e. The molecule has 0 fully saturated rings. The summed E-state index contributed by atoms with van der Waals surface area (Å²) >= 11 is 0. The van der Waals surface area contributed by atoms with Crippen LogP contribution in [0.15, 0.2) is 66.6 Å². The van der Waals surface area contributed by atoms with Crippen LogP contribution in [0.2, 0.25) is 0 Å². The van der Waals surface area contributed by atoms with Crippen LogP contribution in [0.25, 0.3) is 21.9 Å². The molecule has 0 bridgehead atoms. The lowest BCUT2D eigenvalue weighted by atomic mass is 10.00. The monoisotopic (exact) mass is 344 g/mol. The van der Waals surface area contributed by atoms with Crippen LogP contribution < -0.4 is 10.6 Å². The van der Waals surface area contributed by atoms with Crippen molar-refractivity contribution < 1.29 is 4.79 Å². The molecule has 1 aromatic heterocycles. The predicted molar refractivity (Wildman–Crippen MR) is 106 cm³/mol. The summed E-state index contributed by atoms with van der Waals surface area (Å²) in [5.74, 6) is -0.273. The summed E-state index contributed by atoms with van der Waals surface area (Å²) in [4.78, 5) is 16.4. The highest BCUT2D eigenvalue weighted by Gasteiger charge is 2.10. The van der Waals surface area contributed by atoms with Crippen molar-refractivity contribution in [2.45, 2.75) is 6.92 Å². The maximum Gasteiger partial charge on any atom is 0.271 e. The van der Waals surface area contributed by atoms with Crippen molar-refractivity contribution in [2.75, 3.05) is 12.4 Å². The lowest BCUT2D eigenvalue weighted by Crippen LogP contribution is -2.23. The van der Waals surface area contributed by atoms with Gasteiger partial charge in [0.15, 0.2) is 0 Å². The number of benzene rings is 2. The number of amides is 1. The number of rotatable bonds is 5. The molecule has 26 heavy (non-hydrogen) atoms. The fourth-order valence-electron chi connectivity index (χ4n) is 2.79. The van der Waals surface area contributed by atoms with Gasteiger partial charge >= 0.3 is 0 Å². The molecule has 0 aliphatic rings. The number of hydrogen-bond donors (Lipinski definition) is 3. The number of nitrogens with one attached hydrogen (secondary N) is 3. The van der Waals surface area contributed by atoms with Gasteiger partial charge in [-0.1, -0.05) is 18.2 Å². The van der Waals surface area contributed by atoms with Crippen LogP contribution >= 0.6 is 0 Å². The number of pyridine rings is 1. The van der Waals surface area contributed by atoms with E-state index in [4.69, 9.17) is 5.41 Å². The van der Waals surface area contributed by atoms with Crippen molar-refractivity contribution in [1.82, 2.24) is 10.3 Å². The minimum Gasteiger partial charge on any atom is -0.384 e. The molecule has 3 aromatic rings. The molecule has 0 atom stereocenters. The van der Waals surface area contributed by atoms with E-state index in [-0.39, 0.29) is 5.91 Å². The van der Waals surface area contributed by atoms with E-state index < -0.39 is 0 Å². The Hall–Kier alpha value is -3.47. The van der Waals surface area contributed by atoms with Gasteiger partial charge in [0.25, 0.3) is 5.91 Å². The fraction of sp³-hybridized carbons (Fsp3) is 0.0952. The van der Waals surface area contributed by atoms with Gasteiger partial charge in [-0.25, -0.2) is 0 Å². The Morgan fingerprint density at radius 3 is 2.58 bits per heavy atom. The first kappa shape index (κ1) is 17.4.